The summed E-state index contributed by atoms with van der Waals surface area (Å²) in [5.74, 6) is -0.113. The Morgan fingerprint density at radius 3 is 2.81 bits per heavy atom. The molecule has 27 heavy (non-hydrogen) atoms. The molecule has 1 aromatic heterocycles. The minimum Gasteiger partial charge on any atom is -0.476 e. The van der Waals surface area contributed by atoms with Crippen LogP contribution in [-0.4, -0.2) is 51.8 Å². The van der Waals surface area contributed by atoms with Gasteiger partial charge in [0.15, 0.2) is 10.0 Å². The summed E-state index contributed by atoms with van der Waals surface area (Å²) >= 11 is 2.83. The van der Waals surface area contributed by atoms with E-state index in [0.29, 0.717) is 18.7 Å². The van der Waals surface area contributed by atoms with Crippen LogP contribution >= 0.6 is 23.1 Å². The molecule has 1 aliphatic rings. The van der Waals surface area contributed by atoms with Crippen LogP contribution < -0.4 is 5.32 Å². The van der Waals surface area contributed by atoms with E-state index in [1.807, 2.05) is 11.0 Å². The average molecular weight is 406 g/mol. The number of hydrogen-bond acceptors (Lipinski definition) is 6. The Kier molecular flexibility index (Phi) is 6.38. The summed E-state index contributed by atoms with van der Waals surface area (Å²) in [6, 6.07) is 6.40. The summed E-state index contributed by atoms with van der Waals surface area (Å²) in [7, 11) is 0. The molecule has 2 N–H and O–H groups in total. The third kappa shape index (κ3) is 4.81. The van der Waals surface area contributed by atoms with Crippen LogP contribution in [0.4, 0.5) is 5.69 Å². The van der Waals surface area contributed by atoms with Gasteiger partial charge < -0.3 is 15.3 Å². The number of aromatic carboxylic acids is 1. The van der Waals surface area contributed by atoms with Gasteiger partial charge in [-0.3, -0.25) is 4.79 Å². The van der Waals surface area contributed by atoms with Crippen LogP contribution in [0, 0.1) is 13.8 Å². The van der Waals surface area contributed by atoms with Crippen molar-refractivity contribution in [1.29, 1.82) is 0 Å². The van der Waals surface area contributed by atoms with E-state index in [2.05, 4.69) is 36.3 Å². The fourth-order valence-electron chi connectivity index (χ4n) is 3.28. The normalized spacial score (nSPS) is 16.7. The Labute approximate surface area is 167 Å². The van der Waals surface area contributed by atoms with Crippen LogP contribution in [0.5, 0.6) is 0 Å². The van der Waals surface area contributed by atoms with Crippen LogP contribution in [0.25, 0.3) is 0 Å². The maximum absolute atomic E-state index is 12.3. The highest BCUT2D eigenvalue weighted by Gasteiger charge is 2.30. The number of amides is 1. The van der Waals surface area contributed by atoms with E-state index in [9.17, 15) is 9.59 Å². The van der Waals surface area contributed by atoms with Gasteiger partial charge in [-0.2, -0.15) is 0 Å². The van der Waals surface area contributed by atoms with E-state index in [-0.39, 0.29) is 17.6 Å². The third-order valence-electron chi connectivity index (χ3n) is 4.71. The second-order valence-corrected chi connectivity index (χ2v) is 8.78. The van der Waals surface area contributed by atoms with Gasteiger partial charge in [-0.05, 0) is 31.4 Å². The number of thioether (sulfide) groups is 1. The summed E-state index contributed by atoms with van der Waals surface area (Å²) in [5.41, 5.74) is 3.64. The fraction of sp³-hybridized carbons (Fsp3) is 0.421. The van der Waals surface area contributed by atoms with Gasteiger partial charge in [-0.15, -0.1) is 11.3 Å². The number of aryl methyl sites for hydroxylation is 2. The smallest absolute Gasteiger partial charge is 0.355 e. The van der Waals surface area contributed by atoms with Gasteiger partial charge in [-0.25, -0.2) is 9.78 Å². The molecule has 0 spiro atoms. The Morgan fingerprint density at radius 1 is 1.41 bits per heavy atom. The Balaban J connectivity index is 1.53. The Bertz CT molecular complexity index is 817. The number of para-hydroxylation sites is 1. The first-order valence-electron chi connectivity index (χ1n) is 8.87. The molecule has 3 rings (SSSR count). The lowest BCUT2D eigenvalue weighted by Crippen LogP contribution is -2.39. The monoisotopic (exact) mass is 405 g/mol. The summed E-state index contributed by atoms with van der Waals surface area (Å²) in [5, 5.41) is 14.0. The van der Waals surface area contributed by atoms with Crippen LogP contribution in [0.15, 0.2) is 27.9 Å². The van der Waals surface area contributed by atoms with Crippen LogP contribution in [-0.2, 0) is 4.79 Å². The number of rotatable bonds is 8. The predicted octanol–water partition coefficient (Wildman–Crippen LogP) is 3.65. The van der Waals surface area contributed by atoms with Gasteiger partial charge in [0.25, 0.3) is 0 Å². The average Bonchev–Trinajstić information content (AvgIpc) is 3.23. The molecular weight excluding hydrogens is 382 g/mol. The van der Waals surface area contributed by atoms with Gasteiger partial charge >= 0.3 is 5.97 Å². The lowest BCUT2D eigenvalue weighted by molar-refractivity contribution is -0.128. The molecule has 0 saturated carbocycles. The van der Waals surface area contributed by atoms with Gasteiger partial charge in [0, 0.05) is 42.4 Å². The maximum Gasteiger partial charge on any atom is 0.355 e. The highest BCUT2D eigenvalue weighted by molar-refractivity contribution is 8.01. The van der Waals surface area contributed by atoms with Crippen molar-refractivity contribution in [3.8, 4) is 0 Å². The number of nitrogens with one attached hydrogen (secondary N) is 1. The molecule has 2 heterocycles. The Hall–Kier alpha value is -2.06. The van der Waals surface area contributed by atoms with Crippen molar-refractivity contribution in [2.75, 3.05) is 24.2 Å². The van der Waals surface area contributed by atoms with E-state index in [0.717, 1.165) is 23.0 Å². The van der Waals surface area contributed by atoms with Gasteiger partial charge in [-0.1, -0.05) is 30.0 Å². The molecular formula is C19H23N3O3S2. The van der Waals surface area contributed by atoms with E-state index >= 15 is 0 Å². The first-order valence-corrected chi connectivity index (χ1v) is 10.7. The summed E-state index contributed by atoms with van der Waals surface area (Å²) in [6.07, 6.45) is 1.45. The molecule has 1 atom stereocenters. The number of carbonyl (C=O) groups excluding carboxylic acids is 1. The largest absolute Gasteiger partial charge is 0.476 e. The number of anilines is 1. The van der Waals surface area contributed by atoms with Crippen LogP contribution in [0.2, 0.25) is 0 Å². The second kappa shape index (κ2) is 8.75. The fourth-order valence-corrected chi connectivity index (χ4v) is 5.09. The van der Waals surface area contributed by atoms with Gasteiger partial charge in [0.1, 0.15) is 0 Å². The molecule has 1 saturated heterocycles. The summed E-state index contributed by atoms with van der Waals surface area (Å²) in [6.45, 7) is 5.55. The van der Waals surface area contributed by atoms with Crippen molar-refractivity contribution >= 4 is 40.7 Å². The van der Waals surface area contributed by atoms with Crippen molar-refractivity contribution in [1.82, 2.24) is 9.88 Å². The standard InChI is InChI=1S/C19H23N3O3S2/c1-12-4-3-5-13(2)17(12)20-10-14-6-7-16(23)22(14)8-9-26-19-21-15(11-27-19)18(24)25/h3-5,11,14,20H,6-10H2,1-2H3,(H,24,25)/t14-/m1/s1. The number of thiazole rings is 1. The number of carbonyl (C=O) groups is 2. The first-order chi connectivity index (χ1) is 13.0. The number of carboxylic acids is 1. The zero-order valence-electron chi connectivity index (χ0n) is 15.4. The van der Waals surface area contributed by atoms with E-state index in [1.165, 1.54) is 34.2 Å². The minimum absolute atomic E-state index is 0.0791. The lowest BCUT2D eigenvalue weighted by Gasteiger charge is -2.26. The minimum atomic E-state index is -1.01. The molecule has 1 aromatic carbocycles. The highest BCUT2D eigenvalue weighted by atomic mass is 32.2. The molecule has 144 valence electrons. The zero-order valence-corrected chi connectivity index (χ0v) is 17.0. The number of benzene rings is 1. The molecule has 0 aliphatic carbocycles. The number of likely N-dealkylation sites (tertiary alicyclic amines) is 1. The molecule has 6 nitrogen and oxygen atoms in total. The number of hydrogen-bond donors (Lipinski definition) is 2. The second-order valence-electron chi connectivity index (χ2n) is 6.58. The SMILES string of the molecule is Cc1cccc(C)c1NC[C@H]1CCC(=O)N1CCSc1nc(C(=O)O)cs1. The Morgan fingerprint density at radius 2 is 2.15 bits per heavy atom. The van der Waals surface area contributed by atoms with Crippen LogP contribution in [0.3, 0.4) is 0 Å². The van der Waals surface area contributed by atoms with E-state index in [4.69, 9.17) is 5.11 Å². The molecule has 1 aliphatic heterocycles. The number of nitrogens with zero attached hydrogens (tertiary/aromatic N) is 2. The van der Waals surface area contributed by atoms with Crippen molar-refractivity contribution < 1.29 is 14.7 Å². The van der Waals surface area contributed by atoms with Crippen molar-refractivity contribution in [3.05, 3.63) is 40.4 Å². The molecule has 1 fully saturated rings. The first kappa shape index (κ1) is 19.7. The van der Waals surface area contributed by atoms with E-state index in [1.54, 1.807) is 5.38 Å². The zero-order chi connectivity index (χ0) is 19.4. The molecule has 0 unspecified atom stereocenters. The van der Waals surface area contributed by atoms with Crippen molar-refractivity contribution in [2.24, 2.45) is 0 Å². The summed E-state index contributed by atoms with van der Waals surface area (Å²) in [4.78, 5) is 29.2. The summed E-state index contributed by atoms with van der Waals surface area (Å²) < 4.78 is 0.726. The van der Waals surface area contributed by atoms with Crippen LogP contribution in [0.1, 0.15) is 34.5 Å². The van der Waals surface area contributed by atoms with Gasteiger partial charge in [0.2, 0.25) is 5.91 Å². The molecule has 8 heteroatoms. The van der Waals surface area contributed by atoms with Crippen molar-refractivity contribution in [2.45, 2.75) is 37.1 Å². The molecule has 1 amide bonds. The number of carboxylic acid groups (broad SMARTS) is 1. The number of aromatic nitrogens is 1. The third-order valence-corrected chi connectivity index (χ3v) is 6.71. The maximum atomic E-state index is 12.3. The molecule has 0 radical (unpaired) electrons. The predicted molar refractivity (Wildman–Crippen MR) is 109 cm³/mol. The quantitative estimate of drug-likeness (QED) is 0.653. The van der Waals surface area contributed by atoms with Gasteiger partial charge in [0.05, 0.1) is 0 Å². The molecule has 2 aromatic rings. The van der Waals surface area contributed by atoms with Crippen molar-refractivity contribution in [3.63, 3.8) is 0 Å². The van der Waals surface area contributed by atoms with E-state index < -0.39 is 5.97 Å². The molecule has 0 bridgehead atoms. The lowest BCUT2D eigenvalue weighted by atomic mass is 10.1. The topological polar surface area (TPSA) is 82.5 Å². The highest BCUT2D eigenvalue weighted by Crippen LogP contribution is 2.26.